The zero-order valence-electron chi connectivity index (χ0n) is 23.9. The molecular weight excluding hydrogens is 578 g/mol. The first kappa shape index (κ1) is 25.6. The van der Waals surface area contributed by atoms with Crippen molar-refractivity contribution in [3.8, 4) is 17.1 Å². The van der Waals surface area contributed by atoms with Gasteiger partial charge in [-0.1, -0.05) is 0 Å². The summed E-state index contributed by atoms with van der Waals surface area (Å²) in [5.74, 6) is 0. The summed E-state index contributed by atoms with van der Waals surface area (Å²) in [5, 5.41) is 0. The maximum atomic E-state index is 4.42. The fourth-order valence-electron chi connectivity index (χ4n) is 5.63. The number of hydrogen-bond donors (Lipinski definition) is 0. The normalized spacial score (nSPS) is 11.5. The average Bonchev–Trinajstić information content (AvgIpc) is 3.87. The van der Waals surface area contributed by atoms with Gasteiger partial charge in [0.2, 0.25) is 0 Å². The van der Waals surface area contributed by atoms with E-state index in [0.29, 0.717) is 16.9 Å². The van der Waals surface area contributed by atoms with Crippen LogP contribution in [0, 0.1) is 0 Å². The molecule has 13 heteroatoms. The smallest absolute Gasteiger partial charge is 0.181 e. The maximum Gasteiger partial charge on any atom is 0.181 e. The zero-order chi connectivity index (χ0) is 30.5. The van der Waals surface area contributed by atoms with Crippen molar-refractivity contribution in [2.24, 2.45) is 0 Å². The van der Waals surface area contributed by atoms with Crippen LogP contribution in [-0.4, -0.2) is 58.6 Å². The largest absolute Gasteiger partial charge is 0.310 e. The fourth-order valence-corrected chi connectivity index (χ4v) is 5.63. The first-order chi connectivity index (χ1) is 22.8. The third-order valence-corrected chi connectivity index (χ3v) is 7.84. The lowest BCUT2D eigenvalue weighted by Crippen LogP contribution is -2.10. The van der Waals surface area contributed by atoms with Crippen LogP contribution in [0.25, 0.3) is 50.6 Å². The summed E-state index contributed by atoms with van der Waals surface area (Å²) in [6.45, 7) is 0. The summed E-state index contributed by atoms with van der Waals surface area (Å²) in [5.41, 5.74) is 10.3. The Labute approximate surface area is 260 Å². The number of hydrogen-bond acceptors (Lipinski definition) is 10. The van der Waals surface area contributed by atoms with Gasteiger partial charge >= 0.3 is 0 Å². The van der Waals surface area contributed by atoms with Crippen LogP contribution in [0.4, 0.5) is 17.1 Å². The van der Waals surface area contributed by atoms with Gasteiger partial charge in [0.05, 0.1) is 18.6 Å². The third-order valence-electron chi connectivity index (χ3n) is 7.84. The molecule has 0 saturated heterocycles. The highest BCUT2D eigenvalue weighted by molar-refractivity contribution is 5.80. The molecule has 6 heterocycles. The van der Waals surface area contributed by atoms with Crippen molar-refractivity contribution in [3.05, 3.63) is 129 Å². The molecule has 0 amide bonds. The molecule has 0 aliphatic rings. The summed E-state index contributed by atoms with van der Waals surface area (Å²) in [7, 11) is 0. The Kier molecular flexibility index (Phi) is 5.77. The van der Waals surface area contributed by atoms with Crippen LogP contribution in [0.2, 0.25) is 0 Å². The van der Waals surface area contributed by atoms with Crippen LogP contribution >= 0.6 is 0 Å². The summed E-state index contributed by atoms with van der Waals surface area (Å²) in [6, 6.07) is 24.9. The van der Waals surface area contributed by atoms with Crippen molar-refractivity contribution in [1.82, 2.24) is 58.6 Å². The van der Waals surface area contributed by atoms with E-state index in [1.807, 2.05) is 13.7 Å². The predicted octanol–water partition coefficient (Wildman–Crippen LogP) is 5.54. The lowest BCUT2D eigenvalue weighted by atomic mass is 10.1. The topological polar surface area (TPSA) is 134 Å². The number of fused-ring (bicyclic) bond motifs is 3. The van der Waals surface area contributed by atoms with E-state index in [2.05, 4.69) is 123 Å². The molecule has 0 atom stereocenters. The molecule has 46 heavy (non-hydrogen) atoms. The second kappa shape index (κ2) is 10.4. The Morgan fingerprint density at radius 2 is 0.674 bits per heavy atom. The maximum absolute atomic E-state index is 4.42. The van der Waals surface area contributed by atoms with Gasteiger partial charge in [-0.25, -0.2) is 44.9 Å². The molecule has 0 aliphatic carbocycles. The third kappa shape index (κ3) is 4.22. The van der Waals surface area contributed by atoms with Gasteiger partial charge in [-0.2, -0.15) is 0 Å². The summed E-state index contributed by atoms with van der Waals surface area (Å²) in [6.07, 6.45) is 15.1. The Hall–Kier alpha value is -6.89. The van der Waals surface area contributed by atoms with Gasteiger partial charge in [0.15, 0.2) is 16.9 Å². The zero-order valence-corrected chi connectivity index (χ0v) is 23.9. The second-order valence-electron chi connectivity index (χ2n) is 10.4. The van der Waals surface area contributed by atoms with Crippen LogP contribution < -0.4 is 4.90 Å². The molecule has 0 saturated carbocycles. The van der Waals surface area contributed by atoms with Crippen molar-refractivity contribution in [1.29, 1.82) is 0 Å². The van der Waals surface area contributed by atoms with Gasteiger partial charge < -0.3 is 4.90 Å². The van der Waals surface area contributed by atoms with Gasteiger partial charge in [-0.15, -0.1) is 0 Å². The minimum absolute atomic E-state index is 0.648. The molecular formula is C33H21N13. The van der Waals surface area contributed by atoms with Gasteiger partial charge in [0, 0.05) is 34.1 Å². The molecule has 0 fully saturated rings. The fraction of sp³-hybridized carbons (Fsp3) is 0. The molecule has 0 radical (unpaired) electrons. The minimum Gasteiger partial charge on any atom is -0.310 e. The van der Waals surface area contributed by atoms with Crippen molar-refractivity contribution in [2.45, 2.75) is 0 Å². The molecule has 9 aromatic rings. The van der Waals surface area contributed by atoms with E-state index < -0.39 is 0 Å². The molecule has 6 aromatic heterocycles. The van der Waals surface area contributed by atoms with E-state index in [1.165, 1.54) is 19.0 Å². The molecule has 3 aromatic carbocycles. The highest BCUT2D eigenvalue weighted by Gasteiger charge is 2.15. The minimum atomic E-state index is 0.648. The lowest BCUT2D eigenvalue weighted by Gasteiger charge is -2.26. The number of imidazole rings is 3. The van der Waals surface area contributed by atoms with E-state index in [0.717, 1.165) is 50.7 Å². The monoisotopic (exact) mass is 599 g/mol. The van der Waals surface area contributed by atoms with E-state index in [1.54, 1.807) is 37.6 Å². The highest BCUT2D eigenvalue weighted by Crippen LogP contribution is 2.36. The Morgan fingerprint density at radius 1 is 0.370 bits per heavy atom. The SMILES string of the molecule is c1ncc2c(n1)ncn2-c1ccc(N(c2ccc(-n3cnc4ncncc43)cc2)c2ccc(-n3cnc4ncncc43)cc2)cc1. The van der Waals surface area contributed by atoms with Gasteiger partial charge in [-0.05, 0) is 72.8 Å². The molecule has 13 nitrogen and oxygen atoms in total. The summed E-state index contributed by atoms with van der Waals surface area (Å²) < 4.78 is 5.93. The Morgan fingerprint density at radius 3 is 0.978 bits per heavy atom. The molecule has 0 aliphatic heterocycles. The lowest BCUT2D eigenvalue weighted by molar-refractivity contribution is 1.08. The van der Waals surface area contributed by atoms with Gasteiger partial charge in [0.1, 0.15) is 54.5 Å². The van der Waals surface area contributed by atoms with Crippen LogP contribution in [0.5, 0.6) is 0 Å². The van der Waals surface area contributed by atoms with Crippen molar-refractivity contribution >= 4 is 50.6 Å². The number of anilines is 3. The molecule has 0 spiro atoms. The van der Waals surface area contributed by atoms with Gasteiger partial charge in [-0.3, -0.25) is 13.7 Å². The quantitative estimate of drug-likeness (QED) is 0.240. The van der Waals surface area contributed by atoms with Gasteiger partial charge in [0.25, 0.3) is 0 Å². The molecule has 218 valence electrons. The highest BCUT2D eigenvalue weighted by atomic mass is 15.2. The first-order valence-corrected chi connectivity index (χ1v) is 14.3. The van der Waals surface area contributed by atoms with Crippen LogP contribution in [0.3, 0.4) is 0 Å². The molecule has 0 unspecified atom stereocenters. The Bertz CT molecular complexity index is 2200. The van der Waals surface area contributed by atoms with Crippen molar-refractivity contribution in [2.75, 3.05) is 4.90 Å². The predicted molar refractivity (Wildman–Crippen MR) is 172 cm³/mol. The van der Waals surface area contributed by atoms with E-state index in [4.69, 9.17) is 0 Å². The number of nitrogens with zero attached hydrogens (tertiary/aromatic N) is 13. The van der Waals surface area contributed by atoms with E-state index in [9.17, 15) is 0 Å². The number of aromatic nitrogens is 12. The molecule has 0 bridgehead atoms. The first-order valence-electron chi connectivity index (χ1n) is 14.3. The van der Waals surface area contributed by atoms with E-state index in [-0.39, 0.29) is 0 Å². The summed E-state index contributed by atoms with van der Waals surface area (Å²) >= 11 is 0. The number of benzene rings is 3. The van der Waals surface area contributed by atoms with E-state index >= 15 is 0 Å². The standard InChI is InChI=1S/C33H21N13/c1-7-25(8-2-22(1)43-19-40-31-28(43)13-34-16-37-31)46(26-9-3-23(4-10-26)44-20-41-32-29(44)14-35-17-38-32)27-11-5-24(6-12-27)45-21-42-33-30(45)15-36-18-39-33/h1-21H. The van der Waals surface area contributed by atoms with Crippen LogP contribution in [-0.2, 0) is 0 Å². The van der Waals surface area contributed by atoms with Crippen LogP contribution in [0.15, 0.2) is 129 Å². The molecule has 9 rings (SSSR count). The average molecular weight is 600 g/mol. The number of rotatable bonds is 6. The second-order valence-corrected chi connectivity index (χ2v) is 10.4. The molecule has 0 N–H and O–H groups in total. The van der Waals surface area contributed by atoms with Crippen molar-refractivity contribution in [3.63, 3.8) is 0 Å². The Balaban J connectivity index is 1.11. The van der Waals surface area contributed by atoms with Crippen LogP contribution in [0.1, 0.15) is 0 Å². The summed E-state index contributed by atoms with van der Waals surface area (Å²) in [4.78, 5) is 40.8. The van der Waals surface area contributed by atoms with Crippen molar-refractivity contribution < 1.29 is 0 Å².